The number of anilines is 5. The molecule has 0 fully saturated rings. The maximum Gasteiger partial charge on any atom is 0.197 e. The van der Waals surface area contributed by atoms with Gasteiger partial charge >= 0.3 is 0 Å². The molecule has 12 rings (SSSR count). The van der Waals surface area contributed by atoms with Crippen LogP contribution in [0.2, 0.25) is 0 Å². The van der Waals surface area contributed by atoms with Gasteiger partial charge in [-0.25, -0.2) is 0 Å². The zero-order valence-electron chi connectivity index (χ0n) is 30.7. The lowest BCUT2D eigenvalue weighted by Crippen LogP contribution is -2.76. The van der Waals surface area contributed by atoms with Crippen molar-refractivity contribution in [3.8, 4) is 33.4 Å². The second-order valence-electron chi connectivity index (χ2n) is 15.5. The van der Waals surface area contributed by atoms with Gasteiger partial charge in [-0.3, -0.25) is 0 Å². The molecule has 1 spiro atoms. The fourth-order valence-electron chi connectivity index (χ4n) is 10.3. The van der Waals surface area contributed by atoms with Crippen LogP contribution in [0.3, 0.4) is 0 Å². The van der Waals surface area contributed by atoms with Crippen LogP contribution in [-0.4, -0.2) is 27.9 Å². The average molecular weight is 736 g/mol. The van der Waals surface area contributed by atoms with Crippen molar-refractivity contribution in [2.45, 2.75) is 9.79 Å². The lowest BCUT2D eigenvalue weighted by Gasteiger charge is -2.47. The summed E-state index contributed by atoms with van der Waals surface area (Å²) in [5.74, 6) is 0. The van der Waals surface area contributed by atoms with Crippen LogP contribution < -0.4 is 41.9 Å². The molecule has 8 aromatic rings. The summed E-state index contributed by atoms with van der Waals surface area (Å²) < 4.78 is 0. The van der Waals surface area contributed by atoms with Crippen molar-refractivity contribution in [3.05, 3.63) is 176 Å². The monoisotopic (exact) mass is 735 g/mol. The standard InChI is InChI=1S/C50H36BN2SSi/c1-54(2)42-24-10-8-22-39(42)52-49-36(20-14-25-43(49)54)37-30-33(32-16-4-3-5-17-32)31-41-48(37)51-38-21-15-29-47-50(38)53(41)40-23-9-13-28-46(40)55(47)44-26-11-6-18-34(44)35-19-7-12-27-45(35)55/h3-31,52H,1-2H3. The van der Waals surface area contributed by atoms with Gasteiger partial charge in [-0.05, 0) is 103 Å². The molecular weight excluding hydrogens is 700 g/mol. The predicted molar refractivity (Wildman–Crippen MR) is 239 cm³/mol. The van der Waals surface area contributed by atoms with Crippen LogP contribution in [0, 0.1) is 0 Å². The molecule has 8 aromatic carbocycles. The summed E-state index contributed by atoms with van der Waals surface area (Å²) in [5.41, 5.74) is 16.5. The molecule has 4 aliphatic heterocycles. The molecule has 5 heteroatoms. The fourth-order valence-corrected chi connectivity index (χ4v) is 18.3. The molecule has 0 unspecified atom stereocenters. The summed E-state index contributed by atoms with van der Waals surface area (Å²) in [6.07, 6.45) is 4.89. The van der Waals surface area contributed by atoms with Crippen molar-refractivity contribution in [2.24, 2.45) is 0 Å². The largest absolute Gasteiger partial charge is 0.353 e. The molecule has 0 aliphatic carbocycles. The number of hydrogen-bond acceptors (Lipinski definition) is 2. The van der Waals surface area contributed by atoms with Gasteiger partial charge in [0.05, 0.1) is 11.4 Å². The predicted octanol–water partition coefficient (Wildman–Crippen LogP) is 8.67. The molecule has 0 saturated carbocycles. The van der Waals surface area contributed by atoms with Crippen LogP contribution in [0.1, 0.15) is 0 Å². The van der Waals surface area contributed by atoms with E-state index in [0.29, 0.717) is 0 Å². The van der Waals surface area contributed by atoms with E-state index in [2.05, 4.69) is 206 Å². The molecule has 0 bridgehead atoms. The molecule has 2 nitrogen and oxygen atoms in total. The van der Waals surface area contributed by atoms with Crippen molar-refractivity contribution >= 4 is 85.5 Å². The van der Waals surface area contributed by atoms with E-state index in [-0.39, 0.29) is 0 Å². The quantitative estimate of drug-likeness (QED) is 0.179. The van der Waals surface area contributed by atoms with E-state index in [1.54, 1.807) is 0 Å². The third-order valence-corrected chi connectivity index (χ3v) is 20.4. The first-order valence-electron chi connectivity index (χ1n) is 19.1. The highest BCUT2D eigenvalue weighted by Crippen LogP contribution is 2.65. The van der Waals surface area contributed by atoms with E-state index >= 15 is 0 Å². The molecule has 4 aliphatic rings. The average Bonchev–Trinajstić information content (AvgIpc) is 3.53. The van der Waals surface area contributed by atoms with E-state index < -0.39 is 18.1 Å². The molecule has 55 heavy (non-hydrogen) atoms. The Kier molecular flexibility index (Phi) is 6.42. The van der Waals surface area contributed by atoms with Crippen molar-refractivity contribution in [1.29, 1.82) is 0 Å². The van der Waals surface area contributed by atoms with E-state index in [0.717, 1.165) is 0 Å². The number of rotatable bonds is 2. The highest BCUT2D eigenvalue weighted by Gasteiger charge is 2.55. The van der Waals surface area contributed by atoms with Gasteiger partial charge in [-0.15, -0.1) is 0 Å². The Bertz CT molecular complexity index is 2890. The minimum atomic E-state index is -2.67. The minimum Gasteiger partial charge on any atom is -0.353 e. The third kappa shape index (κ3) is 4.07. The second-order valence-corrected chi connectivity index (χ2v) is 22.7. The Morgan fingerprint density at radius 1 is 0.491 bits per heavy atom. The van der Waals surface area contributed by atoms with Gasteiger partial charge in [0, 0.05) is 32.4 Å². The first-order valence-corrected chi connectivity index (χ1v) is 23.5. The normalized spacial score (nSPS) is 15.9. The van der Waals surface area contributed by atoms with E-state index in [1.807, 2.05) is 0 Å². The Morgan fingerprint density at radius 3 is 1.91 bits per heavy atom. The molecule has 0 aromatic heterocycles. The number of para-hydroxylation sites is 4. The van der Waals surface area contributed by atoms with Crippen LogP contribution >= 0.6 is 10.0 Å². The van der Waals surface area contributed by atoms with Gasteiger partial charge < -0.3 is 10.2 Å². The molecule has 259 valence electrons. The first kappa shape index (κ1) is 31.4. The fraction of sp³-hybridized carbons (Fsp3) is 0.0400. The van der Waals surface area contributed by atoms with Crippen LogP contribution in [0.5, 0.6) is 0 Å². The topological polar surface area (TPSA) is 15.3 Å². The first-order chi connectivity index (χ1) is 27.0. The summed E-state index contributed by atoms with van der Waals surface area (Å²) >= 11 is 0. The molecular formula is C50H36BN2SSi. The van der Waals surface area contributed by atoms with Crippen LogP contribution in [0.15, 0.2) is 186 Å². The van der Waals surface area contributed by atoms with Crippen LogP contribution in [-0.2, 0) is 0 Å². The molecule has 0 amide bonds. The molecule has 0 atom stereocenters. The van der Waals surface area contributed by atoms with Crippen LogP contribution in [0.4, 0.5) is 28.4 Å². The smallest absolute Gasteiger partial charge is 0.197 e. The van der Waals surface area contributed by atoms with Crippen molar-refractivity contribution in [2.75, 3.05) is 22.7 Å². The highest BCUT2D eigenvalue weighted by molar-refractivity contribution is 8.33. The Hall–Kier alpha value is -6.01. The van der Waals surface area contributed by atoms with Gasteiger partial charge in [0.1, 0.15) is 0 Å². The number of nitrogens with one attached hydrogen (secondary N) is 1. The summed E-state index contributed by atoms with van der Waals surface area (Å²) in [6, 6.07) is 66.5. The molecule has 0 saturated heterocycles. The van der Waals surface area contributed by atoms with E-state index in [1.165, 1.54) is 103 Å². The summed E-state index contributed by atoms with van der Waals surface area (Å²) in [5, 5.41) is 9.87. The Balaban J connectivity index is 1.17. The van der Waals surface area contributed by atoms with Crippen molar-refractivity contribution < 1.29 is 0 Å². The van der Waals surface area contributed by atoms with Crippen molar-refractivity contribution in [3.63, 3.8) is 0 Å². The zero-order chi connectivity index (χ0) is 36.5. The maximum absolute atomic E-state index is 3.96. The molecule has 4 heterocycles. The van der Waals surface area contributed by atoms with Gasteiger partial charge in [-0.2, -0.15) is 10.0 Å². The Morgan fingerprint density at radius 2 is 1.11 bits per heavy atom. The van der Waals surface area contributed by atoms with Gasteiger partial charge in [0.25, 0.3) is 0 Å². The molecule has 1 N–H and O–H groups in total. The maximum atomic E-state index is 3.96. The minimum absolute atomic E-state index is 1.21. The van der Waals surface area contributed by atoms with Gasteiger partial charge in [0.2, 0.25) is 0 Å². The highest BCUT2D eigenvalue weighted by atomic mass is 32.3. The van der Waals surface area contributed by atoms with Crippen LogP contribution in [0.25, 0.3) is 33.4 Å². The lowest BCUT2D eigenvalue weighted by atomic mass is 9.58. The molecule has 1 radical (unpaired) electrons. The zero-order valence-corrected chi connectivity index (χ0v) is 32.5. The number of hydrogen-bond donors (Lipinski definition) is 1. The van der Waals surface area contributed by atoms with Gasteiger partial charge in [-0.1, -0.05) is 145 Å². The second kappa shape index (κ2) is 11.3. The Labute approximate surface area is 325 Å². The van der Waals surface area contributed by atoms with Crippen molar-refractivity contribution in [1.82, 2.24) is 0 Å². The van der Waals surface area contributed by atoms with E-state index in [4.69, 9.17) is 0 Å². The van der Waals surface area contributed by atoms with E-state index in [9.17, 15) is 0 Å². The summed E-state index contributed by atoms with van der Waals surface area (Å²) in [7, 11) is -1.44. The lowest BCUT2D eigenvalue weighted by molar-refractivity contribution is 1.28. The SMILES string of the molecule is CS1(C)c2ccccc2Nc2c(-c3cc(-c4ccccc4)cc4c3[B]c3cccc5c3N4c3ccccc3[Si]53c4ccccc4-c4ccccc43)cccc21. The number of nitrogens with zero attached hydrogens (tertiary/aromatic N) is 1. The number of benzene rings is 8. The summed E-state index contributed by atoms with van der Waals surface area (Å²) in [4.78, 5) is 5.43. The third-order valence-electron chi connectivity index (χ3n) is 12.6. The summed E-state index contributed by atoms with van der Waals surface area (Å²) in [6.45, 7) is 0. The number of fused-ring (bicyclic) bond motifs is 13. The van der Waals surface area contributed by atoms with Gasteiger partial charge in [0.15, 0.2) is 15.4 Å².